The monoisotopic (exact) mass is 225 g/mol. The van der Waals surface area contributed by atoms with Gasteiger partial charge in [0.2, 0.25) is 0 Å². The number of piperidine rings is 1. The Kier molecular flexibility index (Phi) is 3.41. The first-order chi connectivity index (χ1) is 7.68. The normalized spacial score (nSPS) is 19.4. The van der Waals surface area contributed by atoms with Gasteiger partial charge in [-0.2, -0.15) is 0 Å². The molecule has 0 spiro atoms. The second-order valence-corrected chi connectivity index (χ2v) is 4.22. The third-order valence-corrected chi connectivity index (χ3v) is 2.86. The van der Waals surface area contributed by atoms with Crippen molar-refractivity contribution in [1.82, 2.24) is 5.32 Å². The SMILES string of the molecule is OC1(COc2ccc(F)cc2)CCNCC1. The van der Waals surface area contributed by atoms with Crippen LogP contribution in [0.1, 0.15) is 12.8 Å². The van der Waals surface area contributed by atoms with E-state index in [4.69, 9.17) is 4.74 Å². The van der Waals surface area contributed by atoms with Gasteiger partial charge in [-0.1, -0.05) is 0 Å². The van der Waals surface area contributed by atoms with Crippen molar-refractivity contribution in [2.45, 2.75) is 18.4 Å². The first-order valence-corrected chi connectivity index (χ1v) is 5.49. The molecule has 1 aromatic carbocycles. The largest absolute Gasteiger partial charge is 0.491 e. The van der Waals surface area contributed by atoms with Gasteiger partial charge in [-0.3, -0.25) is 0 Å². The van der Waals surface area contributed by atoms with Gasteiger partial charge < -0.3 is 15.2 Å². The molecule has 16 heavy (non-hydrogen) atoms. The predicted octanol–water partition coefficient (Wildman–Crippen LogP) is 1.32. The van der Waals surface area contributed by atoms with Crippen molar-refractivity contribution in [2.24, 2.45) is 0 Å². The molecule has 1 aliphatic heterocycles. The highest BCUT2D eigenvalue weighted by atomic mass is 19.1. The van der Waals surface area contributed by atoms with E-state index in [1.54, 1.807) is 12.1 Å². The maximum atomic E-state index is 12.6. The van der Waals surface area contributed by atoms with Gasteiger partial charge in [-0.15, -0.1) is 0 Å². The van der Waals surface area contributed by atoms with E-state index in [0.717, 1.165) is 13.1 Å². The second-order valence-electron chi connectivity index (χ2n) is 4.22. The van der Waals surface area contributed by atoms with E-state index in [0.29, 0.717) is 18.6 Å². The molecule has 0 saturated carbocycles. The summed E-state index contributed by atoms with van der Waals surface area (Å²) in [7, 11) is 0. The summed E-state index contributed by atoms with van der Waals surface area (Å²) in [5.74, 6) is 0.307. The Labute approximate surface area is 94.2 Å². The van der Waals surface area contributed by atoms with Gasteiger partial charge in [0.1, 0.15) is 23.8 Å². The van der Waals surface area contributed by atoms with Crippen LogP contribution < -0.4 is 10.1 Å². The zero-order valence-corrected chi connectivity index (χ0v) is 9.08. The minimum absolute atomic E-state index is 0.264. The van der Waals surface area contributed by atoms with Crippen LogP contribution in [0, 0.1) is 5.82 Å². The lowest BCUT2D eigenvalue weighted by atomic mass is 9.94. The highest BCUT2D eigenvalue weighted by Crippen LogP contribution is 2.20. The van der Waals surface area contributed by atoms with Crippen molar-refractivity contribution < 1.29 is 14.2 Å². The average Bonchev–Trinajstić information content (AvgIpc) is 2.29. The molecule has 0 unspecified atom stereocenters. The molecule has 4 heteroatoms. The van der Waals surface area contributed by atoms with Gasteiger partial charge in [0.05, 0.1) is 0 Å². The number of nitrogens with one attached hydrogen (secondary N) is 1. The zero-order valence-electron chi connectivity index (χ0n) is 9.08. The lowest BCUT2D eigenvalue weighted by Crippen LogP contribution is -2.45. The van der Waals surface area contributed by atoms with Gasteiger partial charge >= 0.3 is 0 Å². The summed E-state index contributed by atoms with van der Waals surface area (Å²) in [5.41, 5.74) is -0.750. The van der Waals surface area contributed by atoms with Crippen LogP contribution in [0.5, 0.6) is 5.75 Å². The number of halogens is 1. The summed E-state index contributed by atoms with van der Waals surface area (Å²) in [6, 6.07) is 5.84. The Bertz CT molecular complexity index is 333. The van der Waals surface area contributed by atoms with Crippen LogP contribution >= 0.6 is 0 Å². The third kappa shape index (κ3) is 2.93. The summed E-state index contributed by atoms with van der Waals surface area (Å²) < 4.78 is 18.1. The van der Waals surface area contributed by atoms with E-state index in [2.05, 4.69) is 5.32 Å². The smallest absolute Gasteiger partial charge is 0.123 e. The summed E-state index contributed by atoms with van der Waals surface area (Å²) in [6.07, 6.45) is 1.38. The molecule has 1 aliphatic rings. The molecule has 0 amide bonds. The fourth-order valence-corrected chi connectivity index (χ4v) is 1.78. The molecule has 0 aliphatic carbocycles. The van der Waals surface area contributed by atoms with Gasteiger partial charge in [0.15, 0.2) is 0 Å². The molecule has 1 saturated heterocycles. The van der Waals surface area contributed by atoms with Gasteiger partial charge in [0, 0.05) is 0 Å². The summed E-state index contributed by atoms with van der Waals surface area (Å²) in [4.78, 5) is 0. The lowest BCUT2D eigenvalue weighted by Gasteiger charge is -2.32. The predicted molar refractivity (Wildman–Crippen MR) is 58.9 cm³/mol. The molecule has 3 nitrogen and oxygen atoms in total. The van der Waals surface area contributed by atoms with E-state index in [1.165, 1.54) is 12.1 Å². The van der Waals surface area contributed by atoms with Crippen LogP contribution in [0.2, 0.25) is 0 Å². The number of ether oxygens (including phenoxy) is 1. The van der Waals surface area contributed by atoms with Crippen molar-refractivity contribution in [3.05, 3.63) is 30.1 Å². The third-order valence-electron chi connectivity index (χ3n) is 2.86. The van der Waals surface area contributed by atoms with E-state index < -0.39 is 5.60 Å². The van der Waals surface area contributed by atoms with Crippen LogP contribution in [0.15, 0.2) is 24.3 Å². The van der Waals surface area contributed by atoms with Crippen LogP contribution in [-0.4, -0.2) is 30.4 Å². The van der Waals surface area contributed by atoms with Crippen molar-refractivity contribution in [2.75, 3.05) is 19.7 Å². The fourth-order valence-electron chi connectivity index (χ4n) is 1.78. The molecule has 1 aromatic rings. The Balaban J connectivity index is 1.88. The molecule has 1 fully saturated rings. The van der Waals surface area contributed by atoms with E-state index in [-0.39, 0.29) is 12.4 Å². The van der Waals surface area contributed by atoms with Crippen molar-refractivity contribution in [3.8, 4) is 5.75 Å². The van der Waals surface area contributed by atoms with E-state index in [1.807, 2.05) is 0 Å². The lowest BCUT2D eigenvalue weighted by molar-refractivity contribution is -0.0286. The Hall–Kier alpha value is -1.13. The molecule has 88 valence electrons. The average molecular weight is 225 g/mol. The summed E-state index contributed by atoms with van der Waals surface area (Å²) >= 11 is 0. The zero-order chi connectivity index (χ0) is 11.4. The number of hydrogen-bond donors (Lipinski definition) is 2. The number of benzene rings is 1. The topological polar surface area (TPSA) is 41.5 Å². The Morgan fingerprint density at radius 1 is 1.25 bits per heavy atom. The van der Waals surface area contributed by atoms with Gasteiger partial charge in [0.25, 0.3) is 0 Å². The highest BCUT2D eigenvalue weighted by molar-refractivity contribution is 5.22. The first-order valence-electron chi connectivity index (χ1n) is 5.49. The van der Waals surface area contributed by atoms with Crippen molar-refractivity contribution in [3.63, 3.8) is 0 Å². The highest BCUT2D eigenvalue weighted by Gasteiger charge is 2.29. The number of rotatable bonds is 3. The van der Waals surface area contributed by atoms with Gasteiger partial charge in [-0.25, -0.2) is 4.39 Å². The molecular weight excluding hydrogens is 209 g/mol. The maximum Gasteiger partial charge on any atom is 0.123 e. The van der Waals surface area contributed by atoms with Crippen molar-refractivity contribution >= 4 is 0 Å². The molecule has 2 N–H and O–H groups in total. The summed E-state index contributed by atoms with van der Waals surface area (Å²) in [5, 5.41) is 13.3. The van der Waals surface area contributed by atoms with E-state index in [9.17, 15) is 9.50 Å². The minimum atomic E-state index is -0.750. The van der Waals surface area contributed by atoms with Crippen LogP contribution in [-0.2, 0) is 0 Å². The number of aliphatic hydroxyl groups is 1. The standard InChI is InChI=1S/C12H16FNO2/c13-10-1-3-11(4-2-10)16-9-12(15)5-7-14-8-6-12/h1-4,14-15H,5-9H2. The molecule has 0 atom stereocenters. The molecule has 0 aromatic heterocycles. The maximum absolute atomic E-state index is 12.6. The molecule has 0 bridgehead atoms. The quantitative estimate of drug-likeness (QED) is 0.815. The minimum Gasteiger partial charge on any atom is -0.491 e. The number of hydrogen-bond acceptors (Lipinski definition) is 3. The van der Waals surface area contributed by atoms with Crippen LogP contribution in [0.3, 0.4) is 0 Å². The first kappa shape index (κ1) is 11.4. The Morgan fingerprint density at radius 3 is 2.50 bits per heavy atom. The fraction of sp³-hybridized carbons (Fsp3) is 0.500. The van der Waals surface area contributed by atoms with E-state index >= 15 is 0 Å². The van der Waals surface area contributed by atoms with Crippen LogP contribution in [0.25, 0.3) is 0 Å². The molecule has 2 rings (SSSR count). The van der Waals surface area contributed by atoms with Crippen molar-refractivity contribution in [1.29, 1.82) is 0 Å². The summed E-state index contributed by atoms with van der Waals surface area (Å²) in [6.45, 7) is 1.88. The Morgan fingerprint density at radius 2 is 1.88 bits per heavy atom. The van der Waals surface area contributed by atoms with Crippen LogP contribution in [0.4, 0.5) is 4.39 Å². The molecule has 0 radical (unpaired) electrons. The van der Waals surface area contributed by atoms with Gasteiger partial charge in [-0.05, 0) is 50.2 Å². The molecule has 1 heterocycles. The second kappa shape index (κ2) is 4.80. The molecular formula is C12H16FNO2.